The third-order valence-corrected chi connectivity index (χ3v) is 5.08. The zero-order chi connectivity index (χ0) is 21.1. The Morgan fingerprint density at radius 1 is 0.867 bits per heavy atom. The number of hydrazone groups is 1. The molecule has 3 aromatic carbocycles. The summed E-state index contributed by atoms with van der Waals surface area (Å²) in [6.45, 7) is 0. The van der Waals surface area contributed by atoms with Crippen LogP contribution < -0.4 is 16.1 Å². The minimum atomic E-state index is -0.482. The Morgan fingerprint density at radius 3 is 2.23 bits per heavy atom. The van der Waals surface area contributed by atoms with Crippen LogP contribution in [0.4, 0.5) is 11.4 Å². The molecule has 8 heteroatoms. The molecule has 7 nitrogen and oxygen atoms in total. The van der Waals surface area contributed by atoms with Crippen molar-refractivity contribution in [3.63, 3.8) is 0 Å². The van der Waals surface area contributed by atoms with Crippen LogP contribution in [0.25, 0.3) is 0 Å². The highest BCUT2D eigenvalue weighted by atomic mass is 127. The molecule has 0 unspecified atom stereocenters. The fraction of sp³-hybridized carbons (Fsp3) is 0. The first-order chi connectivity index (χ1) is 14.5. The summed E-state index contributed by atoms with van der Waals surface area (Å²) in [5.74, 6) is -1.13. The van der Waals surface area contributed by atoms with Gasteiger partial charge >= 0.3 is 0 Å². The van der Waals surface area contributed by atoms with E-state index in [1.807, 2.05) is 30.3 Å². The topological polar surface area (TPSA) is 99.7 Å². The molecule has 148 valence electrons. The van der Waals surface area contributed by atoms with Gasteiger partial charge in [-0.15, -0.1) is 0 Å². The number of carbonyl (C=O) groups is 3. The van der Waals surface area contributed by atoms with Crippen LogP contribution in [0.5, 0.6) is 0 Å². The molecule has 3 amide bonds. The Morgan fingerprint density at radius 2 is 1.53 bits per heavy atom. The van der Waals surface area contributed by atoms with Crippen molar-refractivity contribution < 1.29 is 14.4 Å². The normalized spacial score (nSPS) is 13.5. The van der Waals surface area contributed by atoms with E-state index in [-0.39, 0.29) is 17.5 Å². The summed E-state index contributed by atoms with van der Waals surface area (Å²) in [6.07, 6.45) is 0. The van der Waals surface area contributed by atoms with Gasteiger partial charge in [-0.3, -0.25) is 14.4 Å². The summed E-state index contributed by atoms with van der Waals surface area (Å²) in [5.41, 5.74) is 5.27. The molecule has 4 rings (SSSR count). The molecule has 0 aromatic heterocycles. The molecule has 1 aliphatic rings. The molecule has 3 N–H and O–H groups in total. The molecule has 0 fully saturated rings. The van der Waals surface area contributed by atoms with Gasteiger partial charge in [-0.05, 0) is 77.2 Å². The molecule has 0 saturated heterocycles. The molecule has 3 aromatic rings. The number of carbonyl (C=O) groups excluding carboxylic acids is 3. The lowest BCUT2D eigenvalue weighted by Gasteiger charge is -2.06. The van der Waals surface area contributed by atoms with Crippen molar-refractivity contribution in [2.24, 2.45) is 5.10 Å². The number of nitrogens with zero attached hydrogens (tertiary/aromatic N) is 1. The van der Waals surface area contributed by atoms with Crippen LogP contribution in [-0.2, 0) is 4.79 Å². The number of nitrogens with one attached hydrogen (secondary N) is 3. The number of hydrogen-bond donors (Lipinski definition) is 3. The number of halogens is 1. The molecule has 1 aliphatic heterocycles. The third-order valence-electron chi connectivity index (χ3n) is 4.41. The van der Waals surface area contributed by atoms with Gasteiger partial charge in [-0.1, -0.05) is 18.2 Å². The number of benzene rings is 3. The summed E-state index contributed by atoms with van der Waals surface area (Å²) in [4.78, 5) is 36.8. The van der Waals surface area contributed by atoms with E-state index in [2.05, 4.69) is 43.8 Å². The Balaban J connectivity index is 1.45. The first kappa shape index (κ1) is 19.8. The number of anilines is 2. The van der Waals surface area contributed by atoms with E-state index in [1.165, 1.54) is 12.1 Å². The lowest BCUT2D eigenvalue weighted by atomic mass is 10.1. The van der Waals surface area contributed by atoms with Crippen molar-refractivity contribution in [2.45, 2.75) is 0 Å². The van der Waals surface area contributed by atoms with Crippen LogP contribution in [0, 0.1) is 3.57 Å². The number of rotatable bonds is 4. The minimum Gasteiger partial charge on any atom is -0.322 e. The third kappa shape index (κ3) is 4.23. The van der Waals surface area contributed by atoms with E-state index in [1.54, 1.807) is 30.3 Å². The van der Waals surface area contributed by atoms with E-state index in [4.69, 9.17) is 0 Å². The average Bonchev–Trinajstić information content (AvgIpc) is 3.07. The highest BCUT2D eigenvalue weighted by molar-refractivity contribution is 14.1. The maximum Gasteiger partial charge on any atom is 0.276 e. The van der Waals surface area contributed by atoms with Crippen molar-refractivity contribution in [1.29, 1.82) is 0 Å². The van der Waals surface area contributed by atoms with Crippen molar-refractivity contribution >= 4 is 57.4 Å². The maximum atomic E-state index is 12.4. The van der Waals surface area contributed by atoms with E-state index < -0.39 is 5.91 Å². The summed E-state index contributed by atoms with van der Waals surface area (Å²) >= 11 is 2.14. The van der Waals surface area contributed by atoms with Crippen LogP contribution in [0.2, 0.25) is 0 Å². The first-order valence-corrected chi connectivity index (χ1v) is 10.0. The number of hydrogen-bond acceptors (Lipinski definition) is 4. The van der Waals surface area contributed by atoms with Crippen LogP contribution >= 0.6 is 22.6 Å². The van der Waals surface area contributed by atoms with Crippen LogP contribution in [0.15, 0.2) is 77.9 Å². The molecule has 0 bridgehead atoms. The summed E-state index contributed by atoms with van der Waals surface area (Å²) in [6, 6.07) is 20.7. The highest BCUT2D eigenvalue weighted by Gasteiger charge is 2.26. The first-order valence-electron chi connectivity index (χ1n) is 8.97. The van der Waals surface area contributed by atoms with Gasteiger partial charge in [0.2, 0.25) is 0 Å². The van der Waals surface area contributed by atoms with Crippen molar-refractivity contribution in [3.05, 3.63) is 93.1 Å². The second kappa shape index (κ2) is 8.46. The highest BCUT2D eigenvalue weighted by Crippen LogP contribution is 2.25. The van der Waals surface area contributed by atoms with E-state index in [9.17, 15) is 14.4 Å². The molecule has 30 heavy (non-hydrogen) atoms. The molecule has 0 aliphatic carbocycles. The Kier molecular flexibility index (Phi) is 5.57. The van der Waals surface area contributed by atoms with Crippen molar-refractivity contribution in [2.75, 3.05) is 10.6 Å². The predicted octanol–water partition coefficient (Wildman–Crippen LogP) is 3.63. The summed E-state index contributed by atoms with van der Waals surface area (Å²) in [5, 5.41) is 9.49. The van der Waals surface area contributed by atoms with Crippen LogP contribution in [0.1, 0.15) is 26.3 Å². The lowest BCUT2D eigenvalue weighted by Crippen LogP contribution is -2.23. The quantitative estimate of drug-likeness (QED) is 0.369. The van der Waals surface area contributed by atoms with Gasteiger partial charge in [-0.2, -0.15) is 5.10 Å². The fourth-order valence-electron chi connectivity index (χ4n) is 2.91. The van der Waals surface area contributed by atoms with Gasteiger partial charge in [0.05, 0.1) is 5.69 Å². The molecular formula is C22H15IN4O3. The second-order valence-corrected chi connectivity index (χ2v) is 7.69. The monoisotopic (exact) mass is 510 g/mol. The Bertz CT molecular complexity index is 1170. The SMILES string of the molecule is O=C1Nc2ccc(I)cc2/C1=N/NC(=O)c1ccc(C(=O)Nc2ccccc2)cc1. The number of fused-ring (bicyclic) bond motifs is 1. The molecule has 0 radical (unpaired) electrons. The van der Waals surface area contributed by atoms with Gasteiger partial charge in [-0.25, -0.2) is 5.43 Å². The van der Waals surface area contributed by atoms with Gasteiger partial charge in [0.15, 0.2) is 5.71 Å². The molecule has 0 saturated carbocycles. The molecule has 0 atom stereocenters. The lowest BCUT2D eigenvalue weighted by molar-refractivity contribution is -0.110. The van der Waals surface area contributed by atoms with E-state index >= 15 is 0 Å². The fourth-order valence-corrected chi connectivity index (χ4v) is 3.40. The van der Waals surface area contributed by atoms with Gasteiger partial charge in [0.1, 0.15) is 0 Å². The van der Waals surface area contributed by atoms with Crippen LogP contribution in [0.3, 0.4) is 0 Å². The van der Waals surface area contributed by atoms with Crippen molar-refractivity contribution in [3.8, 4) is 0 Å². The van der Waals surface area contributed by atoms with E-state index in [0.717, 1.165) is 3.57 Å². The smallest absolute Gasteiger partial charge is 0.276 e. The summed E-state index contributed by atoms with van der Waals surface area (Å²) in [7, 11) is 0. The van der Waals surface area contributed by atoms with Crippen LogP contribution in [-0.4, -0.2) is 23.4 Å². The zero-order valence-electron chi connectivity index (χ0n) is 15.5. The van der Waals surface area contributed by atoms with Gasteiger partial charge in [0.25, 0.3) is 17.7 Å². The molecular weight excluding hydrogens is 495 g/mol. The van der Waals surface area contributed by atoms with E-state index in [0.29, 0.717) is 28.1 Å². The Hall–Kier alpha value is -3.53. The second-order valence-electron chi connectivity index (χ2n) is 6.44. The minimum absolute atomic E-state index is 0.149. The van der Waals surface area contributed by atoms with Gasteiger partial charge in [0, 0.05) is 25.9 Å². The number of amides is 3. The summed E-state index contributed by atoms with van der Waals surface area (Å²) < 4.78 is 0.950. The zero-order valence-corrected chi connectivity index (χ0v) is 17.6. The molecule has 1 heterocycles. The largest absolute Gasteiger partial charge is 0.322 e. The maximum absolute atomic E-state index is 12.4. The van der Waals surface area contributed by atoms with Gasteiger partial charge < -0.3 is 10.6 Å². The standard InChI is InChI=1S/C22H15IN4O3/c23-15-10-11-18-17(12-15)19(22(30)25-18)26-27-21(29)14-8-6-13(7-9-14)20(28)24-16-4-2-1-3-5-16/h1-12H,(H,24,28)(H,27,29)(H,25,26,30). The van der Waals surface area contributed by atoms with Crippen molar-refractivity contribution in [1.82, 2.24) is 5.43 Å². The predicted molar refractivity (Wildman–Crippen MR) is 123 cm³/mol. The number of para-hydroxylation sites is 1. The molecule has 0 spiro atoms. The average molecular weight is 510 g/mol. The Labute approximate surface area is 185 Å².